The van der Waals surface area contributed by atoms with E-state index in [1.165, 1.54) is 25.7 Å². The van der Waals surface area contributed by atoms with Crippen LogP contribution in [0.3, 0.4) is 0 Å². The van der Waals surface area contributed by atoms with Crippen molar-refractivity contribution in [3.63, 3.8) is 0 Å². The summed E-state index contributed by atoms with van der Waals surface area (Å²) in [6.07, 6.45) is 6.89. The zero-order valence-electron chi connectivity index (χ0n) is 12.1. The Morgan fingerprint density at radius 3 is 2.79 bits per heavy atom. The Labute approximate surface area is 115 Å². The van der Waals surface area contributed by atoms with Crippen LogP contribution in [-0.2, 0) is 0 Å². The summed E-state index contributed by atoms with van der Waals surface area (Å²) in [5.41, 5.74) is 0. The molecule has 2 atom stereocenters. The highest BCUT2D eigenvalue weighted by atomic mass is 16.5. The Morgan fingerprint density at radius 1 is 1.32 bits per heavy atom. The maximum Gasteiger partial charge on any atom is 0.204 e. The van der Waals surface area contributed by atoms with Crippen LogP contribution in [0.2, 0.25) is 0 Å². The van der Waals surface area contributed by atoms with Crippen molar-refractivity contribution >= 4 is 11.6 Å². The van der Waals surface area contributed by atoms with Gasteiger partial charge in [-0.15, -0.1) is 0 Å². The SMILES string of the molecule is CNc1ncnc(NCC2CCCC(C)C2)c1OC. The Balaban J connectivity index is 1.99. The number of rotatable bonds is 5. The van der Waals surface area contributed by atoms with E-state index in [1.54, 1.807) is 13.4 Å². The van der Waals surface area contributed by atoms with Gasteiger partial charge < -0.3 is 15.4 Å². The van der Waals surface area contributed by atoms with Crippen molar-refractivity contribution in [2.45, 2.75) is 32.6 Å². The third kappa shape index (κ3) is 3.49. The molecular weight excluding hydrogens is 240 g/mol. The summed E-state index contributed by atoms with van der Waals surface area (Å²) in [4.78, 5) is 8.42. The second-order valence-electron chi connectivity index (χ2n) is 5.37. The molecule has 1 aromatic heterocycles. The first-order chi connectivity index (χ1) is 9.24. The molecule has 0 aliphatic heterocycles. The summed E-state index contributed by atoms with van der Waals surface area (Å²) in [7, 11) is 3.48. The molecule has 1 fully saturated rings. The minimum absolute atomic E-state index is 0.689. The van der Waals surface area contributed by atoms with Crippen LogP contribution >= 0.6 is 0 Å². The van der Waals surface area contributed by atoms with E-state index in [1.807, 2.05) is 7.05 Å². The van der Waals surface area contributed by atoms with Crippen LogP contribution in [0.15, 0.2) is 6.33 Å². The molecule has 106 valence electrons. The van der Waals surface area contributed by atoms with E-state index in [2.05, 4.69) is 27.5 Å². The smallest absolute Gasteiger partial charge is 0.204 e. The zero-order valence-corrected chi connectivity index (χ0v) is 12.1. The molecule has 1 aliphatic rings. The number of nitrogens with zero attached hydrogens (tertiary/aromatic N) is 2. The van der Waals surface area contributed by atoms with Crippen LogP contribution in [0, 0.1) is 11.8 Å². The highest BCUT2D eigenvalue weighted by molar-refractivity contribution is 5.63. The minimum atomic E-state index is 0.689. The van der Waals surface area contributed by atoms with Crippen LogP contribution in [0.25, 0.3) is 0 Å². The van der Waals surface area contributed by atoms with Crippen LogP contribution in [-0.4, -0.2) is 30.7 Å². The lowest BCUT2D eigenvalue weighted by molar-refractivity contribution is 0.293. The van der Waals surface area contributed by atoms with E-state index >= 15 is 0 Å². The molecule has 0 radical (unpaired) electrons. The van der Waals surface area contributed by atoms with Crippen molar-refractivity contribution in [3.05, 3.63) is 6.33 Å². The van der Waals surface area contributed by atoms with Gasteiger partial charge in [0.2, 0.25) is 5.75 Å². The lowest BCUT2D eigenvalue weighted by Crippen LogP contribution is -2.21. The van der Waals surface area contributed by atoms with Gasteiger partial charge in [-0.3, -0.25) is 0 Å². The third-order valence-electron chi connectivity index (χ3n) is 3.85. The number of aromatic nitrogens is 2. The Bertz CT molecular complexity index is 410. The molecule has 0 aromatic carbocycles. The standard InChI is InChI=1S/C14H24N4O/c1-10-5-4-6-11(7-10)8-16-14-12(19-3)13(15-2)17-9-18-14/h9-11H,4-8H2,1-3H3,(H2,15,16,17,18). The van der Waals surface area contributed by atoms with Crippen LogP contribution in [0.1, 0.15) is 32.6 Å². The second-order valence-corrected chi connectivity index (χ2v) is 5.37. The normalized spacial score (nSPS) is 22.9. The van der Waals surface area contributed by atoms with E-state index in [-0.39, 0.29) is 0 Å². The van der Waals surface area contributed by atoms with Crippen molar-refractivity contribution in [1.82, 2.24) is 9.97 Å². The van der Waals surface area contributed by atoms with Crippen LogP contribution in [0.4, 0.5) is 11.6 Å². The van der Waals surface area contributed by atoms with Gasteiger partial charge in [0, 0.05) is 13.6 Å². The fourth-order valence-electron chi connectivity index (χ4n) is 2.86. The Kier molecular flexibility index (Phi) is 4.82. The first-order valence-corrected chi connectivity index (χ1v) is 7.05. The molecule has 1 heterocycles. The van der Waals surface area contributed by atoms with Gasteiger partial charge >= 0.3 is 0 Å². The summed E-state index contributed by atoms with van der Waals surface area (Å²) in [5, 5.41) is 6.43. The first-order valence-electron chi connectivity index (χ1n) is 7.05. The van der Waals surface area contributed by atoms with Crippen molar-refractivity contribution in [3.8, 4) is 5.75 Å². The number of nitrogens with one attached hydrogen (secondary N) is 2. The molecule has 0 spiro atoms. The van der Waals surface area contributed by atoms with Crippen molar-refractivity contribution in [2.75, 3.05) is 31.3 Å². The van der Waals surface area contributed by atoms with E-state index < -0.39 is 0 Å². The van der Waals surface area contributed by atoms with Crippen LogP contribution in [0.5, 0.6) is 5.75 Å². The van der Waals surface area contributed by atoms with Gasteiger partial charge in [-0.1, -0.05) is 19.8 Å². The molecule has 0 bridgehead atoms. The van der Waals surface area contributed by atoms with Crippen molar-refractivity contribution in [1.29, 1.82) is 0 Å². The minimum Gasteiger partial charge on any atom is -0.490 e. The average molecular weight is 264 g/mol. The molecular formula is C14H24N4O. The maximum atomic E-state index is 5.38. The topological polar surface area (TPSA) is 59.1 Å². The fraction of sp³-hybridized carbons (Fsp3) is 0.714. The van der Waals surface area contributed by atoms with E-state index in [0.29, 0.717) is 5.75 Å². The van der Waals surface area contributed by atoms with Crippen LogP contribution < -0.4 is 15.4 Å². The van der Waals surface area contributed by atoms with Gasteiger partial charge in [0.05, 0.1) is 7.11 Å². The highest BCUT2D eigenvalue weighted by Gasteiger charge is 2.19. The number of anilines is 2. The summed E-state index contributed by atoms with van der Waals surface area (Å²) < 4.78 is 5.38. The summed E-state index contributed by atoms with van der Waals surface area (Å²) in [5.74, 6) is 3.77. The molecule has 19 heavy (non-hydrogen) atoms. The molecule has 2 N–H and O–H groups in total. The van der Waals surface area contributed by atoms with Crippen molar-refractivity contribution < 1.29 is 4.74 Å². The largest absolute Gasteiger partial charge is 0.490 e. The Morgan fingerprint density at radius 2 is 2.11 bits per heavy atom. The molecule has 1 saturated carbocycles. The number of hydrogen-bond acceptors (Lipinski definition) is 5. The maximum absolute atomic E-state index is 5.38. The summed E-state index contributed by atoms with van der Waals surface area (Å²) >= 11 is 0. The lowest BCUT2D eigenvalue weighted by atomic mass is 9.82. The van der Waals surface area contributed by atoms with Gasteiger partial charge in [0.1, 0.15) is 6.33 Å². The lowest BCUT2D eigenvalue weighted by Gasteiger charge is -2.27. The predicted molar refractivity (Wildman–Crippen MR) is 77.7 cm³/mol. The van der Waals surface area contributed by atoms with Crippen molar-refractivity contribution in [2.24, 2.45) is 11.8 Å². The zero-order chi connectivity index (χ0) is 13.7. The second kappa shape index (κ2) is 6.59. The molecule has 5 heteroatoms. The number of hydrogen-bond donors (Lipinski definition) is 2. The predicted octanol–water partition coefficient (Wildman–Crippen LogP) is 2.77. The quantitative estimate of drug-likeness (QED) is 0.856. The first kappa shape index (κ1) is 13.9. The van der Waals surface area contributed by atoms with E-state index in [0.717, 1.165) is 30.0 Å². The molecule has 1 aromatic rings. The summed E-state index contributed by atoms with van der Waals surface area (Å²) in [6.45, 7) is 3.30. The number of ether oxygens (including phenoxy) is 1. The molecule has 1 aliphatic carbocycles. The monoisotopic (exact) mass is 264 g/mol. The van der Waals surface area contributed by atoms with Gasteiger partial charge in [0.15, 0.2) is 11.6 Å². The van der Waals surface area contributed by atoms with Gasteiger partial charge in [-0.2, -0.15) is 0 Å². The molecule has 0 amide bonds. The van der Waals surface area contributed by atoms with Gasteiger partial charge in [-0.05, 0) is 24.7 Å². The molecule has 2 rings (SSSR count). The number of methoxy groups -OCH3 is 1. The third-order valence-corrected chi connectivity index (χ3v) is 3.85. The average Bonchev–Trinajstić information content (AvgIpc) is 2.44. The van der Waals surface area contributed by atoms with E-state index in [4.69, 9.17) is 4.74 Å². The van der Waals surface area contributed by atoms with Gasteiger partial charge in [-0.25, -0.2) is 9.97 Å². The highest BCUT2D eigenvalue weighted by Crippen LogP contribution is 2.31. The van der Waals surface area contributed by atoms with Gasteiger partial charge in [0.25, 0.3) is 0 Å². The molecule has 2 unspecified atom stereocenters. The fourth-order valence-corrected chi connectivity index (χ4v) is 2.86. The van der Waals surface area contributed by atoms with E-state index in [9.17, 15) is 0 Å². The molecule has 5 nitrogen and oxygen atoms in total. The Hall–Kier alpha value is -1.52. The summed E-state index contributed by atoms with van der Waals surface area (Å²) in [6, 6.07) is 0. The molecule has 0 saturated heterocycles.